The molecule has 4 heterocycles. The summed E-state index contributed by atoms with van der Waals surface area (Å²) in [5, 5.41) is 25.5. The molecule has 11 heteroatoms. The summed E-state index contributed by atoms with van der Waals surface area (Å²) >= 11 is 0. The summed E-state index contributed by atoms with van der Waals surface area (Å²) in [6.45, 7) is 8.10. The number of aromatic amines is 1. The number of hydrogen-bond donors (Lipinski definition) is 3. The standard InChI is InChI=1S/C17H19N11/c1-10-22-25-15-12(13(17(2,3)4)26-27(10)15)23-24-14-11(8-18)9-21-28(14)16-19-6-5-7-20-16/h5-7,9,23-25H,1-4H3. The largest absolute Gasteiger partial charge is 0.294 e. The monoisotopic (exact) mass is 377 g/mol. The molecule has 0 aliphatic carbocycles. The highest BCUT2D eigenvalue weighted by Crippen LogP contribution is 2.32. The molecular weight excluding hydrogens is 358 g/mol. The Bertz CT molecular complexity index is 1170. The molecule has 0 fully saturated rings. The van der Waals surface area contributed by atoms with Crippen LogP contribution in [0.15, 0.2) is 24.7 Å². The summed E-state index contributed by atoms with van der Waals surface area (Å²) in [6.07, 6.45) is 4.68. The Balaban J connectivity index is 1.75. The van der Waals surface area contributed by atoms with E-state index in [0.29, 0.717) is 17.3 Å². The zero-order valence-electron chi connectivity index (χ0n) is 15.9. The van der Waals surface area contributed by atoms with E-state index < -0.39 is 0 Å². The first-order chi connectivity index (χ1) is 13.4. The number of H-pyrrole nitrogens is 1. The van der Waals surface area contributed by atoms with Gasteiger partial charge in [0.1, 0.15) is 23.1 Å². The van der Waals surface area contributed by atoms with Crippen LogP contribution in [0.2, 0.25) is 0 Å². The number of nitrogens with one attached hydrogen (secondary N) is 3. The van der Waals surface area contributed by atoms with E-state index in [0.717, 1.165) is 22.9 Å². The number of fused-ring (bicyclic) bond motifs is 1. The number of anilines is 2. The molecule has 0 atom stereocenters. The fourth-order valence-electron chi connectivity index (χ4n) is 2.80. The van der Waals surface area contributed by atoms with Crippen LogP contribution in [0.3, 0.4) is 0 Å². The Morgan fingerprint density at radius 3 is 2.61 bits per heavy atom. The number of aromatic nitrogens is 8. The Morgan fingerprint density at radius 1 is 1.18 bits per heavy atom. The molecule has 142 valence electrons. The highest BCUT2D eigenvalue weighted by molar-refractivity contribution is 5.74. The van der Waals surface area contributed by atoms with Crippen LogP contribution >= 0.6 is 0 Å². The van der Waals surface area contributed by atoms with Gasteiger partial charge in [-0.25, -0.2) is 9.97 Å². The number of rotatable bonds is 4. The summed E-state index contributed by atoms with van der Waals surface area (Å²) in [4.78, 5) is 8.38. The van der Waals surface area contributed by atoms with Gasteiger partial charge in [0.05, 0.1) is 11.9 Å². The fourth-order valence-corrected chi connectivity index (χ4v) is 2.80. The lowest BCUT2D eigenvalue weighted by Gasteiger charge is -2.18. The number of hydrogen-bond acceptors (Lipinski definition) is 8. The van der Waals surface area contributed by atoms with Gasteiger partial charge in [-0.2, -0.15) is 29.8 Å². The first-order valence-corrected chi connectivity index (χ1v) is 8.62. The number of nitriles is 1. The highest BCUT2D eigenvalue weighted by atomic mass is 15.5. The van der Waals surface area contributed by atoms with Gasteiger partial charge in [0.15, 0.2) is 11.5 Å². The second-order valence-electron chi connectivity index (χ2n) is 7.23. The molecule has 4 aromatic rings. The average molecular weight is 377 g/mol. The van der Waals surface area contributed by atoms with Gasteiger partial charge in [-0.1, -0.05) is 20.8 Å². The van der Waals surface area contributed by atoms with Gasteiger partial charge < -0.3 is 0 Å². The second kappa shape index (κ2) is 6.34. The topological polar surface area (TPSA) is 137 Å². The first kappa shape index (κ1) is 17.5. The molecule has 0 aliphatic heterocycles. The maximum atomic E-state index is 9.45. The predicted octanol–water partition coefficient (Wildman–Crippen LogP) is 1.95. The molecule has 0 aromatic carbocycles. The minimum atomic E-state index is -0.218. The lowest BCUT2D eigenvalue weighted by molar-refractivity contribution is 0.562. The van der Waals surface area contributed by atoms with Crippen molar-refractivity contribution in [2.75, 3.05) is 10.9 Å². The van der Waals surface area contributed by atoms with Crippen molar-refractivity contribution in [1.82, 2.24) is 39.6 Å². The van der Waals surface area contributed by atoms with E-state index in [1.807, 2.05) is 6.92 Å². The molecule has 4 rings (SSSR count). The summed E-state index contributed by atoms with van der Waals surface area (Å²) in [5.41, 5.74) is 8.67. The van der Waals surface area contributed by atoms with Crippen molar-refractivity contribution in [3.63, 3.8) is 0 Å². The van der Waals surface area contributed by atoms with Gasteiger partial charge >= 0.3 is 0 Å². The van der Waals surface area contributed by atoms with E-state index in [1.165, 1.54) is 10.9 Å². The molecule has 4 aromatic heterocycles. The van der Waals surface area contributed by atoms with Crippen molar-refractivity contribution in [1.29, 1.82) is 5.26 Å². The average Bonchev–Trinajstić information content (AvgIpc) is 3.35. The Labute approximate surface area is 160 Å². The van der Waals surface area contributed by atoms with Crippen LogP contribution < -0.4 is 10.9 Å². The van der Waals surface area contributed by atoms with Gasteiger partial charge in [0, 0.05) is 17.8 Å². The zero-order valence-corrected chi connectivity index (χ0v) is 15.9. The van der Waals surface area contributed by atoms with Gasteiger partial charge in [-0.3, -0.25) is 16.0 Å². The molecule has 0 spiro atoms. The molecule has 11 nitrogen and oxygen atoms in total. The minimum Gasteiger partial charge on any atom is -0.294 e. The lowest BCUT2D eigenvalue weighted by Crippen LogP contribution is -2.19. The van der Waals surface area contributed by atoms with Gasteiger partial charge in [0.2, 0.25) is 0 Å². The summed E-state index contributed by atoms with van der Waals surface area (Å²) in [6, 6.07) is 3.83. The van der Waals surface area contributed by atoms with E-state index >= 15 is 0 Å². The molecule has 3 N–H and O–H groups in total. The Hall–Kier alpha value is -3.94. The van der Waals surface area contributed by atoms with Crippen LogP contribution in [0.25, 0.3) is 11.6 Å². The van der Waals surface area contributed by atoms with E-state index in [2.05, 4.69) is 68.1 Å². The molecule has 0 bridgehead atoms. The van der Waals surface area contributed by atoms with Crippen molar-refractivity contribution in [3.8, 4) is 12.0 Å². The van der Waals surface area contributed by atoms with Gasteiger partial charge in [0.25, 0.3) is 5.95 Å². The first-order valence-electron chi connectivity index (χ1n) is 8.62. The van der Waals surface area contributed by atoms with Crippen LogP contribution in [0.4, 0.5) is 11.5 Å². The molecule has 28 heavy (non-hydrogen) atoms. The number of aryl methyl sites for hydroxylation is 1. The van der Waals surface area contributed by atoms with E-state index in [9.17, 15) is 5.26 Å². The zero-order chi connectivity index (χ0) is 19.9. The smallest absolute Gasteiger partial charge is 0.252 e. The van der Waals surface area contributed by atoms with E-state index in [4.69, 9.17) is 0 Å². The van der Waals surface area contributed by atoms with Gasteiger partial charge in [-0.05, 0) is 13.0 Å². The fraction of sp³-hybridized carbons (Fsp3) is 0.294. The Kier molecular flexibility index (Phi) is 3.96. The molecule has 0 aliphatic rings. The van der Waals surface area contributed by atoms with Crippen LogP contribution in [-0.4, -0.2) is 39.6 Å². The van der Waals surface area contributed by atoms with Crippen molar-refractivity contribution in [2.24, 2.45) is 0 Å². The molecule has 0 saturated carbocycles. The number of hydrazine groups is 1. The molecule has 0 radical (unpaired) electrons. The maximum Gasteiger partial charge on any atom is 0.252 e. The third kappa shape index (κ3) is 2.81. The van der Waals surface area contributed by atoms with Crippen molar-refractivity contribution >= 4 is 17.2 Å². The van der Waals surface area contributed by atoms with Gasteiger partial charge in [-0.15, -0.1) is 0 Å². The summed E-state index contributed by atoms with van der Waals surface area (Å²) in [7, 11) is 0. The predicted molar refractivity (Wildman–Crippen MR) is 102 cm³/mol. The van der Waals surface area contributed by atoms with Crippen molar-refractivity contribution in [3.05, 3.63) is 41.7 Å². The summed E-state index contributed by atoms with van der Waals surface area (Å²) < 4.78 is 3.20. The SMILES string of the molecule is Cc1n[nH]c2c(NNc3c(C#N)cnn3-c3ncccn3)c(C(C)(C)C)nn12. The Morgan fingerprint density at radius 2 is 1.93 bits per heavy atom. The lowest BCUT2D eigenvalue weighted by atomic mass is 9.91. The molecule has 0 amide bonds. The van der Waals surface area contributed by atoms with Crippen LogP contribution in [0, 0.1) is 18.3 Å². The quantitative estimate of drug-likeness (QED) is 0.459. The maximum absolute atomic E-state index is 9.45. The molecule has 0 unspecified atom stereocenters. The minimum absolute atomic E-state index is 0.218. The molecule has 0 saturated heterocycles. The molecular formula is C17H19N11. The van der Waals surface area contributed by atoms with Crippen molar-refractivity contribution in [2.45, 2.75) is 33.1 Å². The third-order valence-electron chi connectivity index (χ3n) is 4.16. The second-order valence-corrected chi connectivity index (χ2v) is 7.23. The van der Waals surface area contributed by atoms with Crippen LogP contribution in [0.5, 0.6) is 0 Å². The van der Waals surface area contributed by atoms with Crippen molar-refractivity contribution < 1.29 is 0 Å². The van der Waals surface area contributed by atoms with E-state index in [1.54, 1.807) is 23.0 Å². The van der Waals surface area contributed by atoms with E-state index in [-0.39, 0.29) is 5.41 Å². The number of nitrogens with zero attached hydrogens (tertiary/aromatic N) is 8. The summed E-state index contributed by atoms with van der Waals surface area (Å²) in [5.74, 6) is 1.51. The van der Waals surface area contributed by atoms with Crippen LogP contribution in [-0.2, 0) is 5.41 Å². The highest BCUT2D eigenvalue weighted by Gasteiger charge is 2.26. The van der Waals surface area contributed by atoms with Crippen LogP contribution in [0.1, 0.15) is 37.9 Å². The third-order valence-corrected chi connectivity index (χ3v) is 4.16. The normalized spacial score (nSPS) is 11.5.